The third-order valence-electron chi connectivity index (χ3n) is 2.93. The maximum absolute atomic E-state index is 11.9. The van der Waals surface area contributed by atoms with Crippen LogP contribution < -0.4 is 5.43 Å². The summed E-state index contributed by atoms with van der Waals surface area (Å²) >= 11 is 0. The highest BCUT2D eigenvalue weighted by Gasteiger charge is 2.07. The van der Waals surface area contributed by atoms with E-state index in [0.29, 0.717) is 5.56 Å². The van der Waals surface area contributed by atoms with Crippen LogP contribution in [0.1, 0.15) is 55.5 Å². The van der Waals surface area contributed by atoms with Gasteiger partial charge in [-0.3, -0.25) is 4.79 Å². The zero-order valence-electron chi connectivity index (χ0n) is 11.5. The number of nitrogens with one attached hydrogen (secondary N) is 1. The van der Waals surface area contributed by atoms with E-state index in [-0.39, 0.29) is 5.91 Å². The summed E-state index contributed by atoms with van der Waals surface area (Å²) in [4.78, 5) is 11.9. The lowest BCUT2D eigenvalue weighted by atomic mass is 10.1. The Labute approximate surface area is 109 Å². The molecule has 0 heterocycles. The number of carbonyl (C=O) groups excluding carboxylic acids is 1. The number of amides is 1. The van der Waals surface area contributed by atoms with Crippen LogP contribution in [0.15, 0.2) is 29.4 Å². The first-order valence-corrected chi connectivity index (χ1v) is 6.60. The van der Waals surface area contributed by atoms with E-state index in [0.717, 1.165) is 37.0 Å². The number of rotatable bonds is 6. The average Bonchev–Trinajstić information content (AvgIpc) is 2.39. The molecular weight excluding hydrogens is 224 g/mol. The van der Waals surface area contributed by atoms with Crippen molar-refractivity contribution in [2.75, 3.05) is 0 Å². The lowest BCUT2D eigenvalue weighted by Crippen LogP contribution is -2.20. The number of benzene rings is 1. The predicted octanol–water partition coefficient (Wildman–Crippen LogP) is 3.68. The van der Waals surface area contributed by atoms with Crippen molar-refractivity contribution in [3.05, 3.63) is 35.4 Å². The van der Waals surface area contributed by atoms with Crippen LogP contribution in [0.5, 0.6) is 0 Å². The van der Waals surface area contributed by atoms with Gasteiger partial charge in [0, 0.05) is 11.3 Å². The van der Waals surface area contributed by atoms with Gasteiger partial charge in [0.1, 0.15) is 0 Å². The van der Waals surface area contributed by atoms with Crippen LogP contribution in [0.25, 0.3) is 0 Å². The summed E-state index contributed by atoms with van der Waals surface area (Å²) in [5, 5.41) is 4.21. The van der Waals surface area contributed by atoms with Gasteiger partial charge < -0.3 is 0 Å². The summed E-state index contributed by atoms with van der Waals surface area (Å²) in [6.07, 6.45) is 4.10. The highest BCUT2D eigenvalue weighted by molar-refractivity contribution is 5.96. The minimum atomic E-state index is -0.129. The largest absolute Gasteiger partial charge is 0.271 e. The normalized spacial score (nSPS) is 11.4. The summed E-state index contributed by atoms with van der Waals surface area (Å²) in [5.41, 5.74) is 5.36. The number of hydrazone groups is 1. The first-order chi connectivity index (χ1) is 8.69. The SMILES string of the molecule is CCCC/C(CC)=N/NC(=O)c1ccccc1C. The van der Waals surface area contributed by atoms with Gasteiger partial charge in [0.25, 0.3) is 5.91 Å². The highest BCUT2D eigenvalue weighted by Crippen LogP contribution is 2.06. The second-order valence-corrected chi connectivity index (χ2v) is 4.39. The Hall–Kier alpha value is -1.64. The van der Waals surface area contributed by atoms with Crippen molar-refractivity contribution in [3.8, 4) is 0 Å². The number of hydrogen-bond donors (Lipinski definition) is 1. The highest BCUT2D eigenvalue weighted by atomic mass is 16.2. The second kappa shape index (κ2) is 7.64. The summed E-state index contributed by atoms with van der Waals surface area (Å²) in [5.74, 6) is -0.129. The van der Waals surface area contributed by atoms with Crippen molar-refractivity contribution >= 4 is 11.6 Å². The summed E-state index contributed by atoms with van der Waals surface area (Å²) in [6.45, 7) is 6.14. The van der Waals surface area contributed by atoms with Crippen LogP contribution >= 0.6 is 0 Å². The summed E-state index contributed by atoms with van der Waals surface area (Å²) in [7, 11) is 0. The fraction of sp³-hybridized carbons (Fsp3) is 0.467. The number of hydrogen-bond acceptors (Lipinski definition) is 2. The Morgan fingerprint density at radius 2 is 2.00 bits per heavy atom. The van der Waals surface area contributed by atoms with Gasteiger partial charge in [0.15, 0.2) is 0 Å². The summed E-state index contributed by atoms with van der Waals surface area (Å²) in [6, 6.07) is 7.53. The maximum Gasteiger partial charge on any atom is 0.271 e. The zero-order chi connectivity index (χ0) is 13.4. The molecule has 3 nitrogen and oxygen atoms in total. The van der Waals surface area contributed by atoms with Gasteiger partial charge in [-0.2, -0.15) is 5.10 Å². The monoisotopic (exact) mass is 246 g/mol. The quantitative estimate of drug-likeness (QED) is 0.603. The molecule has 0 aliphatic heterocycles. The van der Waals surface area contributed by atoms with Gasteiger partial charge in [-0.15, -0.1) is 0 Å². The van der Waals surface area contributed by atoms with Gasteiger partial charge in [-0.1, -0.05) is 38.5 Å². The molecule has 0 aliphatic rings. The molecule has 0 aromatic heterocycles. The zero-order valence-corrected chi connectivity index (χ0v) is 11.5. The van der Waals surface area contributed by atoms with Gasteiger partial charge in [0.2, 0.25) is 0 Å². The minimum Gasteiger partial charge on any atom is -0.267 e. The topological polar surface area (TPSA) is 41.5 Å². The molecule has 1 N–H and O–H groups in total. The first-order valence-electron chi connectivity index (χ1n) is 6.60. The minimum absolute atomic E-state index is 0.129. The Morgan fingerprint density at radius 1 is 1.28 bits per heavy atom. The molecule has 3 heteroatoms. The molecule has 1 aromatic rings. The van der Waals surface area contributed by atoms with E-state index in [9.17, 15) is 4.79 Å². The average molecular weight is 246 g/mol. The molecule has 1 aromatic carbocycles. The smallest absolute Gasteiger partial charge is 0.267 e. The molecule has 1 rings (SSSR count). The van der Waals surface area contributed by atoms with E-state index < -0.39 is 0 Å². The van der Waals surface area contributed by atoms with Crippen molar-refractivity contribution in [2.45, 2.75) is 46.5 Å². The molecule has 0 atom stereocenters. The van der Waals surface area contributed by atoms with Crippen molar-refractivity contribution < 1.29 is 4.79 Å². The number of aryl methyl sites for hydroxylation is 1. The van der Waals surface area contributed by atoms with E-state index in [1.807, 2.05) is 31.2 Å². The van der Waals surface area contributed by atoms with Crippen LogP contribution in [0.3, 0.4) is 0 Å². The van der Waals surface area contributed by atoms with Crippen molar-refractivity contribution in [3.63, 3.8) is 0 Å². The Kier molecular flexibility index (Phi) is 6.12. The molecule has 0 aliphatic carbocycles. The molecule has 0 radical (unpaired) electrons. The van der Waals surface area contributed by atoms with E-state index >= 15 is 0 Å². The van der Waals surface area contributed by atoms with Gasteiger partial charge in [-0.25, -0.2) is 5.43 Å². The van der Waals surface area contributed by atoms with Gasteiger partial charge in [0.05, 0.1) is 0 Å². The van der Waals surface area contributed by atoms with Crippen molar-refractivity contribution in [2.24, 2.45) is 5.10 Å². The van der Waals surface area contributed by atoms with Crippen molar-refractivity contribution in [1.29, 1.82) is 0 Å². The van der Waals surface area contributed by atoms with Crippen LogP contribution in [0, 0.1) is 6.92 Å². The van der Waals surface area contributed by atoms with Crippen LogP contribution in [0.2, 0.25) is 0 Å². The molecule has 0 spiro atoms. The lowest BCUT2D eigenvalue weighted by Gasteiger charge is -2.06. The molecule has 0 unspecified atom stereocenters. The van der Waals surface area contributed by atoms with Gasteiger partial charge in [-0.05, 0) is 37.8 Å². The van der Waals surface area contributed by atoms with E-state index in [2.05, 4.69) is 24.4 Å². The molecule has 0 saturated carbocycles. The molecule has 0 saturated heterocycles. The van der Waals surface area contributed by atoms with E-state index in [1.54, 1.807) is 0 Å². The Morgan fingerprint density at radius 3 is 2.61 bits per heavy atom. The van der Waals surface area contributed by atoms with E-state index in [4.69, 9.17) is 0 Å². The van der Waals surface area contributed by atoms with Crippen molar-refractivity contribution in [1.82, 2.24) is 5.43 Å². The van der Waals surface area contributed by atoms with Crippen LogP contribution in [-0.4, -0.2) is 11.6 Å². The number of unbranched alkanes of at least 4 members (excludes halogenated alkanes) is 1. The fourth-order valence-electron chi connectivity index (χ4n) is 1.71. The third kappa shape index (κ3) is 4.32. The first kappa shape index (κ1) is 14.4. The molecular formula is C15H22N2O. The second-order valence-electron chi connectivity index (χ2n) is 4.39. The molecule has 1 amide bonds. The van der Waals surface area contributed by atoms with E-state index in [1.165, 1.54) is 0 Å². The van der Waals surface area contributed by atoms with Crippen LogP contribution in [0.4, 0.5) is 0 Å². The fourth-order valence-corrected chi connectivity index (χ4v) is 1.71. The maximum atomic E-state index is 11.9. The Balaban J connectivity index is 2.64. The number of carbonyl (C=O) groups is 1. The summed E-state index contributed by atoms with van der Waals surface area (Å²) < 4.78 is 0. The van der Waals surface area contributed by atoms with Crippen LogP contribution in [-0.2, 0) is 0 Å². The molecule has 0 fully saturated rings. The van der Waals surface area contributed by atoms with Gasteiger partial charge >= 0.3 is 0 Å². The predicted molar refractivity (Wildman–Crippen MR) is 75.9 cm³/mol. The molecule has 18 heavy (non-hydrogen) atoms. The molecule has 98 valence electrons. The lowest BCUT2D eigenvalue weighted by molar-refractivity contribution is 0.0954. The molecule has 0 bridgehead atoms. The number of nitrogens with zero attached hydrogens (tertiary/aromatic N) is 1. The standard InChI is InChI=1S/C15H22N2O/c1-4-6-10-13(5-2)16-17-15(18)14-11-8-7-9-12(14)3/h7-9,11H,4-6,10H2,1-3H3,(H,17,18)/b16-13+. The Bertz CT molecular complexity index is 424. The third-order valence-corrected chi connectivity index (χ3v) is 2.93.